The minimum Gasteiger partial charge on any atom is -0.394 e. The van der Waals surface area contributed by atoms with E-state index in [-0.39, 0.29) is 12.6 Å². The van der Waals surface area contributed by atoms with Gasteiger partial charge < -0.3 is 10.4 Å². The van der Waals surface area contributed by atoms with Crippen molar-refractivity contribution in [1.82, 2.24) is 5.32 Å². The van der Waals surface area contributed by atoms with Gasteiger partial charge in [-0.3, -0.25) is 0 Å². The molecule has 104 valence electrons. The highest BCUT2D eigenvalue weighted by Crippen LogP contribution is 2.40. The lowest BCUT2D eigenvalue weighted by atomic mass is 10.0. The summed E-state index contributed by atoms with van der Waals surface area (Å²) in [6, 6.07) is 19.0. The first kappa shape index (κ1) is 13.3. The topological polar surface area (TPSA) is 32.3 Å². The summed E-state index contributed by atoms with van der Waals surface area (Å²) in [7, 11) is 0. The second-order valence-corrected chi connectivity index (χ2v) is 5.55. The van der Waals surface area contributed by atoms with E-state index in [0.717, 1.165) is 12.5 Å². The van der Waals surface area contributed by atoms with Crippen LogP contribution in [0.2, 0.25) is 0 Å². The lowest BCUT2D eigenvalue weighted by Crippen LogP contribution is -2.24. The Kier molecular flexibility index (Phi) is 4.14. The maximum atomic E-state index is 9.64. The predicted molar refractivity (Wildman–Crippen MR) is 81.5 cm³/mol. The van der Waals surface area contributed by atoms with Gasteiger partial charge in [-0.1, -0.05) is 54.6 Å². The Bertz CT molecular complexity index is 548. The molecule has 1 unspecified atom stereocenters. The van der Waals surface area contributed by atoms with Gasteiger partial charge in [-0.2, -0.15) is 0 Å². The number of benzene rings is 2. The van der Waals surface area contributed by atoms with E-state index in [1.54, 1.807) is 0 Å². The monoisotopic (exact) mass is 267 g/mol. The first-order chi connectivity index (χ1) is 9.86. The molecule has 0 spiro atoms. The largest absolute Gasteiger partial charge is 0.394 e. The molecule has 0 bridgehead atoms. The molecule has 2 aromatic carbocycles. The minimum absolute atomic E-state index is 0.00825. The molecule has 1 atom stereocenters. The molecule has 0 aliphatic heterocycles. The van der Waals surface area contributed by atoms with E-state index in [9.17, 15) is 5.11 Å². The Hall–Kier alpha value is -1.64. The first-order valence-electron chi connectivity index (χ1n) is 7.35. The van der Waals surface area contributed by atoms with Gasteiger partial charge in [-0.15, -0.1) is 0 Å². The second-order valence-electron chi connectivity index (χ2n) is 5.55. The summed E-state index contributed by atoms with van der Waals surface area (Å²) in [5.41, 5.74) is 3.85. The van der Waals surface area contributed by atoms with Gasteiger partial charge in [0.25, 0.3) is 0 Å². The van der Waals surface area contributed by atoms with Crippen LogP contribution >= 0.6 is 0 Å². The Balaban J connectivity index is 1.68. The normalized spacial score (nSPS) is 16.1. The highest BCUT2D eigenvalue weighted by atomic mass is 16.3. The van der Waals surface area contributed by atoms with Crippen LogP contribution in [-0.4, -0.2) is 11.7 Å². The summed E-state index contributed by atoms with van der Waals surface area (Å²) in [6.45, 7) is 0.903. The fourth-order valence-corrected chi connectivity index (χ4v) is 2.57. The maximum Gasteiger partial charge on any atom is 0.0626 e. The Morgan fingerprint density at radius 3 is 2.55 bits per heavy atom. The molecule has 0 aromatic heterocycles. The minimum atomic E-state index is 0.00825. The van der Waals surface area contributed by atoms with Gasteiger partial charge in [0, 0.05) is 6.54 Å². The van der Waals surface area contributed by atoms with Crippen molar-refractivity contribution in [3.8, 4) is 0 Å². The molecule has 0 heterocycles. The lowest BCUT2D eigenvalue weighted by Gasteiger charge is -2.17. The average Bonchev–Trinajstić information content (AvgIpc) is 3.34. The van der Waals surface area contributed by atoms with Gasteiger partial charge in [-0.05, 0) is 35.4 Å². The molecule has 1 fully saturated rings. The number of aliphatic hydroxyl groups is 1. The van der Waals surface area contributed by atoms with Gasteiger partial charge in [0.2, 0.25) is 0 Å². The summed E-state index contributed by atoms with van der Waals surface area (Å²) in [6.07, 6.45) is 2.62. The number of aliphatic hydroxyl groups excluding tert-OH is 1. The van der Waals surface area contributed by atoms with Crippen molar-refractivity contribution in [1.29, 1.82) is 0 Å². The van der Waals surface area contributed by atoms with E-state index in [0.29, 0.717) is 0 Å². The molecule has 1 aliphatic carbocycles. The molecule has 2 heteroatoms. The molecular weight excluding hydrogens is 246 g/mol. The third-order valence-electron chi connectivity index (χ3n) is 3.94. The standard InChI is InChI=1S/C18H21NO/c20-13-18(19-12-14-5-2-1-3-6-14)17-8-4-7-16(11-17)15-9-10-15/h1-8,11,15,18-20H,9-10,12-13H2. The summed E-state index contributed by atoms with van der Waals surface area (Å²) in [4.78, 5) is 0. The number of rotatable bonds is 6. The summed E-state index contributed by atoms with van der Waals surface area (Å²) >= 11 is 0. The van der Waals surface area contributed by atoms with Crippen LogP contribution in [0.5, 0.6) is 0 Å². The van der Waals surface area contributed by atoms with Crippen LogP contribution in [0.1, 0.15) is 41.5 Å². The molecule has 1 aliphatic rings. The van der Waals surface area contributed by atoms with E-state index in [1.807, 2.05) is 18.2 Å². The smallest absolute Gasteiger partial charge is 0.0626 e. The van der Waals surface area contributed by atoms with Crippen LogP contribution < -0.4 is 5.32 Å². The molecule has 20 heavy (non-hydrogen) atoms. The zero-order chi connectivity index (χ0) is 13.8. The molecule has 3 rings (SSSR count). The summed E-state index contributed by atoms with van der Waals surface area (Å²) in [5.74, 6) is 0.753. The van der Waals surface area contributed by atoms with E-state index in [4.69, 9.17) is 0 Å². The molecule has 0 saturated heterocycles. The Morgan fingerprint density at radius 2 is 1.85 bits per heavy atom. The SMILES string of the molecule is OCC(NCc1ccccc1)c1cccc(C2CC2)c1. The van der Waals surface area contributed by atoms with Crippen LogP contribution in [0.15, 0.2) is 54.6 Å². The van der Waals surface area contributed by atoms with Crippen LogP contribution in [-0.2, 0) is 6.54 Å². The van der Waals surface area contributed by atoms with Crippen LogP contribution in [0.4, 0.5) is 0 Å². The number of hydrogen-bond acceptors (Lipinski definition) is 2. The van der Waals surface area contributed by atoms with Gasteiger partial charge in [0.05, 0.1) is 12.6 Å². The van der Waals surface area contributed by atoms with E-state index in [1.165, 1.54) is 29.5 Å². The Morgan fingerprint density at radius 1 is 1.05 bits per heavy atom. The van der Waals surface area contributed by atoms with E-state index < -0.39 is 0 Å². The molecule has 0 radical (unpaired) electrons. The van der Waals surface area contributed by atoms with Crippen molar-refractivity contribution in [2.75, 3.05) is 6.61 Å². The second kappa shape index (κ2) is 6.21. The van der Waals surface area contributed by atoms with Crippen molar-refractivity contribution in [2.24, 2.45) is 0 Å². The third kappa shape index (κ3) is 3.27. The third-order valence-corrected chi connectivity index (χ3v) is 3.94. The summed E-state index contributed by atoms with van der Waals surface area (Å²) < 4.78 is 0. The van der Waals surface area contributed by atoms with E-state index >= 15 is 0 Å². The predicted octanol–water partition coefficient (Wildman–Crippen LogP) is 3.39. The first-order valence-corrected chi connectivity index (χ1v) is 7.35. The van der Waals surface area contributed by atoms with Gasteiger partial charge in [0.15, 0.2) is 0 Å². The highest BCUT2D eigenvalue weighted by Gasteiger charge is 2.24. The zero-order valence-corrected chi connectivity index (χ0v) is 11.6. The van der Waals surface area contributed by atoms with Crippen LogP contribution in [0.25, 0.3) is 0 Å². The molecule has 0 amide bonds. The van der Waals surface area contributed by atoms with Crippen molar-refractivity contribution >= 4 is 0 Å². The van der Waals surface area contributed by atoms with Crippen molar-refractivity contribution < 1.29 is 5.11 Å². The van der Waals surface area contributed by atoms with Crippen LogP contribution in [0, 0.1) is 0 Å². The molecule has 2 aromatic rings. The van der Waals surface area contributed by atoms with Crippen LogP contribution in [0.3, 0.4) is 0 Å². The van der Waals surface area contributed by atoms with E-state index in [2.05, 4.69) is 41.7 Å². The Labute approximate surface area is 120 Å². The number of nitrogens with one attached hydrogen (secondary N) is 1. The fraction of sp³-hybridized carbons (Fsp3) is 0.333. The molecule has 2 nitrogen and oxygen atoms in total. The summed E-state index contributed by atoms with van der Waals surface area (Å²) in [5, 5.41) is 13.1. The quantitative estimate of drug-likeness (QED) is 0.841. The van der Waals surface area contributed by atoms with Crippen molar-refractivity contribution in [3.05, 3.63) is 71.3 Å². The van der Waals surface area contributed by atoms with Crippen molar-refractivity contribution in [2.45, 2.75) is 31.3 Å². The lowest BCUT2D eigenvalue weighted by molar-refractivity contribution is 0.243. The zero-order valence-electron chi connectivity index (χ0n) is 11.6. The molecular formula is C18H21NO. The fourth-order valence-electron chi connectivity index (χ4n) is 2.57. The number of hydrogen-bond donors (Lipinski definition) is 2. The highest BCUT2D eigenvalue weighted by molar-refractivity contribution is 5.31. The van der Waals surface area contributed by atoms with Gasteiger partial charge >= 0.3 is 0 Å². The van der Waals surface area contributed by atoms with Gasteiger partial charge in [-0.25, -0.2) is 0 Å². The average molecular weight is 267 g/mol. The maximum absolute atomic E-state index is 9.64. The van der Waals surface area contributed by atoms with Gasteiger partial charge in [0.1, 0.15) is 0 Å². The van der Waals surface area contributed by atoms with Crippen molar-refractivity contribution in [3.63, 3.8) is 0 Å². The molecule has 1 saturated carbocycles. The molecule has 2 N–H and O–H groups in total.